The minimum atomic E-state index is -0.490. The summed E-state index contributed by atoms with van der Waals surface area (Å²) in [6.45, 7) is 7.81. The summed E-state index contributed by atoms with van der Waals surface area (Å²) >= 11 is 0. The van der Waals surface area contributed by atoms with Crippen molar-refractivity contribution in [2.24, 2.45) is 0 Å². The Morgan fingerprint density at radius 2 is 1.90 bits per heavy atom. The third-order valence-electron chi connectivity index (χ3n) is 2.60. The number of nitrogens with one attached hydrogen (secondary N) is 3. The van der Waals surface area contributed by atoms with Crippen molar-refractivity contribution in [3.05, 3.63) is 36.9 Å². The number of rotatable bonds is 7. The van der Waals surface area contributed by atoms with E-state index in [0.717, 1.165) is 5.69 Å². The topological polar surface area (TPSA) is 79.5 Å². The van der Waals surface area contributed by atoms with Crippen LogP contribution in [0.1, 0.15) is 13.8 Å². The lowest BCUT2D eigenvalue weighted by Gasteiger charge is -2.15. The highest BCUT2D eigenvalue weighted by Gasteiger charge is 2.11. The summed E-state index contributed by atoms with van der Waals surface area (Å²) in [6.07, 6.45) is 1.14. The van der Waals surface area contributed by atoms with Crippen molar-refractivity contribution in [2.45, 2.75) is 19.9 Å². The third-order valence-corrected chi connectivity index (χ3v) is 2.60. The molecule has 1 atom stereocenters. The van der Waals surface area contributed by atoms with E-state index in [2.05, 4.69) is 22.5 Å². The first-order chi connectivity index (χ1) is 10.1. The molecule has 21 heavy (non-hydrogen) atoms. The molecule has 0 saturated carbocycles. The molecule has 0 saturated heterocycles. The minimum absolute atomic E-state index is 0.108. The predicted molar refractivity (Wildman–Crippen MR) is 83.4 cm³/mol. The normalized spacial score (nSPS) is 11.1. The van der Waals surface area contributed by atoms with Crippen LogP contribution >= 0.6 is 0 Å². The zero-order chi connectivity index (χ0) is 15.7. The first-order valence-electron chi connectivity index (χ1n) is 6.75. The fourth-order valence-electron chi connectivity index (χ4n) is 1.58. The Bertz CT molecular complexity index is 485. The number of hydrogen-bond donors (Lipinski definition) is 3. The van der Waals surface area contributed by atoms with Gasteiger partial charge in [0.15, 0.2) is 0 Å². The lowest BCUT2D eigenvalue weighted by Crippen LogP contribution is -2.37. The Labute approximate surface area is 124 Å². The maximum absolute atomic E-state index is 11.7. The molecule has 0 radical (unpaired) electrons. The predicted octanol–water partition coefficient (Wildman–Crippen LogP) is 2.36. The second kappa shape index (κ2) is 8.63. The lowest BCUT2D eigenvalue weighted by molar-refractivity contribution is -0.121. The van der Waals surface area contributed by atoms with Crippen molar-refractivity contribution < 1.29 is 14.3 Å². The molecule has 3 N–H and O–H groups in total. The van der Waals surface area contributed by atoms with Gasteiger partial charge >= 0.3 is 6.09 Å². The highest BCUT2D eigenvalue weighted by molar-refractivity contribution is 5.86. The van der Waals surface area contributed by atoms with Crippen molar-refractivity contribution in [3.8, 4) is 0 Å². The van der Waals surface area contributed by atoms with E-state index < -0.39 is 6.09 Å². The zero-order valence-corrected chi connectivity index (χ0v) is 12.3. The Morgan fingerprint density at radius 3 is 2.48 bits per heavy atom. The maximum Gasteiger partial charge on any atom is 0.411 e. The number of carbonyl (C=O) groups is 2. The van der Waals surface area contributed by atoms with E-state index in [9.17, 15) is 9.59 Å². The molecule has 0 aliphatic rings. The van der Waals surface area contributed by atoms with Gasteiger partial charge in [-0.05, 0) is 38.1 Å². The standard InChI is InChI=1S/C15H21N3O3/c1-4-10-16-14(19)11(3)17-12-6-8-13(9-7-12)18-15(20)21-5-2/h4,6-9,11,17H,1,5,10H2,2-3H3,(H,16,19)(H,18,20)/t11-/m0/s1. The largest absolute Gasteiger partial charge is 0.450 e. The summed E-state index contributed by atoms with van der Waals surface area (Å²) in [5.41, 5.74) is 1.41. The van der Waals surface area contributed by atoms with Gasteiger partial charge in [0.25, 0.3) is 0 Å². The molecule has 1 rings (SSSR count). The van der Waals surface area contributed by atoms with Gasteiger partial charge in [-0.2, -0.15) is 0 Å². The summed E-state index contributed by atoms with van der Waals surface area (Å²) in [5, 5.41) is 8.37. The first-order valence-corrected chi connectivity index (χ1v) is 6.75. The summed E-state index contributed by atoms with van der Waals surface area (Å²) in [6, 6.07) is 6.65. The molecule has 0 unspecified atom stereocenters. The molecule has 6 heteroatoms. The minimum Gasteiger partial charge on any atom is -0.450 e. The smallest absolute Gasteiger partial charge is 0.411 e. The van der Waals surface area contributed by atoms with Crippen LogP contribution in [0.4, 0.5) is 16.2 Å². The second-order valence-electron chi connectivity index (χ2n) is 4.32. The summed E-state index contributed by atoms with van der Waals surface area (Å²) in [5.74, 6) is -0.108. The number of anilines is 2. The quantitative estimate of drug-likeness (QED) is 0.674. The second-order valence-corrected chi connectivity index (χ2v) is 4.32. The van der Waals surface area contributed by atoms with E-state index in [1.54, 1.807) is 44.2 Å². The summed E-state index contributed by atoms with van der Waals surface area (Å²) < 4.78 is 4.78. The fraction of sp³-hybridized carbons (Fsp3) is 0.333. The molecule has 0 aliphatic carbocycles. The van der Waals surface area contributed by atoms with Crippen LogP contribution in [0.5, 0.6) is 0 Å². The van der Waals surface area contributed by atoms with Crippen molar-refractivity contribution in [2.75, 3.05) is 23.8 Å². The van der Waals surface area contributed by atoms with E-state index >= 15 is 0 Å². The van der Waals surface area contributed by atoms with E-state index in [1.807, 2.05) is 0 Å². The van der Waals surface area contributed by atoms with Crippen LogP contribution in [-0.2, 0) is 9.53 Å². The molecular formula is C15H21N3O3. The summed E-state index contributed by atoms with van der Waals surface area (Å²) in [7, 11) is 0. The van der Waals surface area contributed by atoms with Crippen LogP contribution in [-0.4, -0.2) is 31.2 Å². The monoisotopic (exact) mass is 291 g/mol. The van der Waals surface area contributed by atoms with Crippen LogP contribution < -0.4 is 16.0 Å². The van der Waals surface area contributed by atoms with Gasteiger partial charge in [0.05, 0.1) is 6.61 Å². The van der Waals surface area contributed by atoms with Crippen LogP contribution in [0, 0.1) is 0 Å². The molecule has 114 valence electrons. The van der Waals surface area contributed by atoms with E-state index in [4.69, 9.17) is 4.74 Å². The first kappa shape index (κ1) is 16.6. The molecule has 0 bridgehead atoms. The zero-order valence-electron chi connectivity index (χ0n) is 12.3. The molecule has 6 nitrogen and oxygen atoms in total. The molecule has 0 spiro atoms. The molecule has 1 aromatic carbocycles. The van der Waals surface area contributed by atoms with Crippen molar-refractivity contribution in [1.82, 2.24) is 5.32 Å². The Morgan fingerprint density at radius 1 is 1.29 bits per heavy atom. The average Bonchev–Trinajstić information content (AvgIpc) is 2.47. The maximum atomic E-state index is 11.7. The van der Waals surface area contributed by atoms with Crippen LogP contribution in [0.15, 0.2) is 36.9 Å². The van der Waals surface area contributed by atoms with E-state index in [1.165, 1.54) is 0 Å². The average molecular weight is 291 g/mol. The summed E-state index contributed by atoms with van der Waals surface area (Å²) in [4.78, 5) is 23.0. The highest BCUT2D eigenvalue weighted by atomic mass is 16.5. The molecule has 2 amide bonds. The fourth-order valence-corrected chi connectivity index (χ4v) is 1.58. The van der Waals surface area contributed by atoms with Gasteiger partial charge in [-0.15, -0.1) is 6.58 Å². The van der Waals surface area contributed by atoms with Crippen LogP contribution in [0.25, 0.3) is 0 Å². The SMILES string of the molecule is C=CCNC(=O)[C@H](C)Nc1ccc(NC(=O)OCC)cc1. The number of hydrogen-bond acceptors (Lipinski definition) is 4. The Balaban J connectivity index is 2.52. The highest BCUT2D eigenvalue weighted by Crippen LogP contribution is 2.14. The number of carbonyl (C=O) groups excluding carboxylic acids is 2. The van der Waals surface area contributed by atoms with Crippen molar-refractivity contribution in [3.63, 3.8) is 0 Å². The van der Waals surface area contributed by atoms with Gasteiger partial charge in [0.1, 0.15) is 6.04 Å². The van der Waals surface area contributed by atoms with Crippen molar-refractivity contribution in [1.29, 1.82) is 0 Å². The number of ether oxygens (including phenoxy) is 1. The molecule has 0 aliphatic heterocycles. The van der Waals surface area contributed by atoms with E-state index in [-0.39, 0.29) is 11.9 Å². The third kappa shape index (κ3) is 5.99. The van der Waals surface area contributed by atoms with Gasteiger partial charge in [-0.1, -0.05) is 6.08 Å². The van der Waals surface area contributed by atoms with Crippen LogP contribution in [0.3, 0.4) is 0 Å². The number of benzene rings is 1. The lowest BCUT2D eigenvalue weighted by atomic mass is 10.2. The Kier molecular flexibility index (Phi) is 6.80. The molecule has 0 heterocycles. The molecule has 0 aromatic heterocycles. The molecule has 0 fully saturated rings. The number of amides is 2. The molecular weight excluding hydrogens is 270 g/mol. The van der Waals surface area contributed by atoms with Gasteiger partial charge < -0.3 is 15.4 Å². The van der Waals surface area contributed by atoms with Crippen molar-refractivity contribution >= 4 is 23.4 Å². The van der Waals surface area contributed by atoms with Gasteiger partial charge in [-0.25, -0.2) is 4.79 Å². The van der Waals surface area contributed by atoms with E-state index in [0.29, 0.717) is 18.8 Å². The molecule has 1 aromatic rings. The van der Waals surface area contributed by atoms with Gasteiger partial charge in [0.2, 0.25) is 5.91 Å². The van der Waals surface area contributed by atoms with Gasteiger partial charge in [0, 0.05) is 17.9 Å². The Hall–Kier alpha value is -2.50. The van der Waals surface area contributed by atoms with Gasteiger partial charge in [-0.3, -0.25) is 10.1 Å². The van der Waals surface area contributed by atoms with Crippen LogP contribution in [0.2, 0.25) is 0 Å².